The Morgan fingerprint density at radius 3 is 2.67 bits per heavy atom. The van der Waals surface area contributed by atoms with Gasteiger partial charge >= 0.3 is 0 Å². The summed E-state index contributed by atoms with van der Waals surface area (Å²) in [6.07, 6.45) is 0.743. The number of nitrogens with zero attached hydrogens (tertiary/aromatic N) is 2. The second-order valence-corrected chi connectivity index (χ2v) is 8.53. The van der Waals surface area contributed by atoms with Crippen LogP contribution in [0.25, 0.3) is 10.6 Å². The van der Waals surface area contributed by atoms with Gasteiger partial charge in [0.1, 0.15) is 16.5 Å². The van der Waals surface area contributed by atoms with Crippen LogP contribution < -0.4 is 0 Å². The summed E-state index contributed by atoms with van der Waals surface area (Å²) in [6, 6.07) is 16.8. The first-order chi connectivity index (χ1) is 13.2. The van der Waals surface area contributed by atoms with Crippen molar-refractivity contribution in [3.05, 3.63) is 77.1 Å². The number of hydrogen-bond acceptors (Lipinski definition) is 4. The fraction of sp³-hybridized carbons (Fsp3) is 0.238. The van der Waals surface area contributed by atoms with Crippen molar-refractivity contribution in [2.75, 3.05) is 18.8 Å². The van der Waals surface area contributed by atoms with Gasteiger partial charge < -0.3 is 4.90 Å². The van der Waals surface area contributed by atoms with Crippen LogP contribution in [0.2, 0.25) is 0 Å². The Morgan fingerprint density at radius 1 is 1.07 bits per heavy atom. The average molecular weight is 399 g/mol. The molecule has 2 heterocycles. The largest absolute Gasteiger partial charge is 0.336 e. The Morgan fingerprint density at radius 2 is 1.85 bits per heavy atom. The van der Waals surface area contributed by atoms with Gasteiger partial charge in [0, 0.05) is 40.6 Å². The first-order valence-electron chi connectivity index (χ1n) is 8.88. The molecule has 4 rings (SSSR count). The maximum absolute atomic E-state index is 14.1. The summed E-state index contributed by atoms with van der Waals surface area (Å²) >= 11 is 3.20. The van der Waals surface area contributed by atoms with Crippen molar-refractivity contribution in [3.63, 3.8) is 0 Å². The predicted molar refractivity (Wildman–Crippen MR) is 110 cm³/mol. The number of thiazole rings is 1. The van der Waals surface area contributed by atoms with E-state index in [2.05, 4.69) is 4.98 Å². The summed E-state index contributed by atoms with van der Waals surface area (Å²) in [4.78, 5) is 19.3. The van der Waals surface area contributed by atoms with E-state index in [4.69, 9.17) is 0 Å². The van der Waals surface area contributed by atoms with Crippen LogP contribution in [0.4, 0.5) is 4.39 Å². The van der Waals surface area contributed by atoms with Crippen LogP contribution in [0.15, 0.2) is 60.0 Å². The fourth-order valence-corrected chi connectivity index (χ4v) is 5.26. The second kappa shape index (κ2) is 8.23. The zero-order valence-electron chi connectivity index (χ0n) is 14.7. The molecule has 3 aromatic rings. The molecule has 0 radical (unpaired) electrons. The van der Waals surface area contributed by atoms with E-state index in [0.29, 0.717) is 18.8 Å². The molecule has 138 valence electrons. The van der Waals surface area contributed by atoms with Crippen LogP contribution in [0.5, 0.6) is 0 Å². The minimum absolute atomic E-state index is 0.0387. The fourth-order valence-electron chi connectivity index (χ4n) is 3.21. The predicted octanol–water partition coefficient (Wildman–Crippen LogP) is 5.27. The zero-order valence-corrected chi connectivity index (χ0v) is 16.3. The molecular formula is C21H19FN2OS2. The quantitative estimate of drug-likeness (QED) is 0.603. The molecular weight excluding hydrogens is 379 g/mol. The molecule has 3 nitrogen and oxygen atoms in total. The van der Waals surface area contributed by atoms with E-state index in [9.17, 15) is 9.18 Å². The average Bonchev–Trinajstić information content (AvgIpc) is 3.07. The number of hydrogen-bond donors (Lipinski definition) is 0. The van der Waals surface area contributed by atoms with Crippen LogP contribution in [0.1, 0.15) is 27.7 Å². The van der Waals surface area contributed by atoms with Crippen LogP contribution in [-0.4, -0.2) is 34.6 Å². The van der Waals surface area contributed by atoms with Gasteiger partial charge in [-0.3, -0.25) is 4.79 Å². The van der Waals surface area contributed by atoms with Crippen LogP contribution >= 0.6 is 23.1 Å². The lowest BCUT2D eigenvalue weighted by atomic mass is 10.1. The summed E-state index contributed by atoms with van der Waals surface area (Å²) in [5, 5.41) is 2.77. The summed E-state index contributed by atoms with van der Waals surface area (Å²) in [7, 11) is 0. The number of aromatic nitrogens is 1. The Balaban J connectivity index is 1.46. The first kappa shape index (κ1) is 18.2. The highest BCUT2D eigenvalue weighted by molar-refractivity contribution is 7.99. The molecule has 27 heavy (non-hydrogen) atoms. The third-order valence-electron chi connectivity index (χ3n) is 4.62. The first-order valence-corrected chi connectivity index (χ1v) is 10.8. The normalized spacial score (nSPS) is 17.5. The summed E-state index contributed by atoms with van der Waals surface area (Å²) in [5.41, 5.74) is 2.25. The molecule has 6 heteroatoms. The third kappa shape index (κ3) is 4.06. The van der Waals surface area contributed by atoms with Crippen LogP contribution in [0.3, 0.4) is 0 Å². The number of rotatable bonds is 3. The molecule has 0 spiro atoms. The second-order valence-electron chi connectivity index (χ2n) is 6.37. The number of amides is 1. The van der Waals surface area contributed by atoms with Gasteiger partial charge in [0.15, 0.2) is 0 Å². The molecule has 1 amide bonds. The zero-order chi connectivity index (χ0) is 18.6. The van der Waals surface area contributed by atoms with Crippen molar-refractivity contribution in [2.45, 2.75) is 11.7 Å². The molecule has 0 saturated carbocycles. The van der Waals surface area contributed by atoms with Crippen molar-refractivity contribution in [1.82, 2.24) is 9.88 Å². The van der Waals surface area contributed by atoms with Gasteiger partial charge in [0.05, 0.1) is 0 Å². The molecule has 1 fully saturated rings. The van der Waals surface area contributed by atoms with E-state index in [1.54, 1.807) is 17.8 Å². The lowest BCUT2D eigenvalue weighted by Gasteiger charge is -2.19. The van der Waals surface area contributed by atoms with E-state index in [0.717, 1.165) is 28.3 Å². The van der Waals surface area contributed by atoms with Crippen molar-refractivity contribution in [2.24, 2.45) is 0 Å². The highest BCUT2D eigenvalue weighted by atomic mass is 32.2. The standard InChI is InChI=1S/C21H19FN2OS2/c22-17-9-5-4-8-16(17)19-10-11-24(12-13-26-19)21(25)18-14-27-20(23-18)15-6-2-1-3-7-15/h1-9,14,19H,10-13H2. The maximum atomic E-state index is 14.1. The lowest BCUT2D eigenvalue weighted by Crippen LogP contribution is -2.33. The van der Waals surface area contributed by atoms with Gasteiger partial charge in [-0.2, -0.15) is 11.8 Å². The minimum Gasteiger partial charge on any atom is -0.336 e. The minimum atomic E-state index is -0.165. The van der Waals surface area contributed by atoms with Gasteiger partial charge in [0.2, 0.25) is 0 Å². The molecule has 0 bridgehead atoms. The molecule has 1 aromatic heterocycles. The van der Waals surface area contributed by atoms with Crippen molar-refractivity contribution in [3.8, 4) is 10.6 Å². The topological polar surface area (TPSA) is 33.2 Å². The maximum Gasteiger partial charge on any atom is 0.273 e. The lowest BCUT2D eigenvalue weighted by molar-refractivity contribution is 0.0761. The van der Waals surface area contributed by atoms with Crippen molar-refractivity contribution < 1.29 is 9.18 Å². The number of carbonyl (C=O) groups excluding carboxylic acids is 1. The van der Waals surface area contributed by atoms with Crippen molar-refractivity contribution in [1.29, 1.82) is 0 Å². The number of carbonyl (C=O) groups is 1. The summed E-state index contributed by atoms with van der Waals surface area (Å²) in [5.74, 6) is 0.588. The summed E-state index contributed by atoms with van der Waals surface area (Å²) in [6.45, 7) is 1.27. The highest BCUT2D eigenvalue weighted by Crippen LogP contribution is 2.36. The molecule has 0 N–H and O–H groups in total. The molecule has 0 aliphatic carbocycles. The Hall–Kier alpha value is -2.18. The molecule has 1 atom stereocenters. The Labute approximate surface area is 166 Å². The van der Waals surface area contributed by atoms with Gasteiger partial charge in [-0.15, -0.1) is 11.3 Å². The van der Waals surface area contributed by atoms with Crippen LogP contribution in [0, 0.1) is 5.82 Å². The molecule has 1 aliphatic heterocycles. The smallest absolute Gasteiger partial charge is 0.273 e. The van der Waals surface area contributed by atoms with Gasteiger partial charge in [-0.1, -0.05) is 48.5 Å². The van der Waals surface area contributed by atoms with Gasteiger partial charge in [-0.05, 0) is 12.5 Å². The Kier molecular flexibility index (Phi) is 5.55. The van der Waals surface area contributed by atoms with E-state index in [1.807, 2.05) is 52.7 Å². The molecule has 2 aromatic carbocycles. The third-order valence-corrected chi connectivity index (χ3v) is 6.83. The highest BCUT2D eigenvalue weighted by Gasteiger charge is 2.25. The monoisotopic (exact) mass is 398 g/mol. The molecule has 1 unspecified atom stereocenters. The molecule has 1 aliphatic rings. The van der Waals surface area contributed by atoms with Gasteiger partial charge in [-0.25, -0.2) is 9.37 Å². The number of thioether (sulfide) groups is 1. The van der Waals surface area contributed by atoms with Gasteiger partial charge in [0.25, 0.3) is 5.91 Å². The number of benzene rings is 2. The van der Waals surface area contributed by atoms with E-state index in [-0.39, 0.29) is 17.0 Å². The van der Waals surface area contributed by atoms with Crippen LogP contribution in [-0.2, 0) is 0 Å². The van der Waals surface area contributed by atoms with E-state index < -0.39 is 0 Å². The summed E-state index contributed by atoms with van der Waals surface area (Å²) < 4.78 is 14.1. The molecule has 1 saturated heterocycles. The number of halogens is 1. The van der Waals surface area contributed by atoms with E-state index in [1.165, 1.54) is 17.4 Å². The van der Waals surface area contributed by atoms with Crippen molar-refractivity contribution >= 4 is 29.0 Å². The Bertz CT molecular complexity index is 929. The van der Waals surface area contributed by atoms with E-state index >= 15 is 0 Å². The SMILES string of the molecule is O=C(c1csc(-c2ccccc2)n1)N1CCSC(c2ccccc2F)CC1.